The van der Waals surface area contributed by atoms with Crippen molar-refractivity contribution in [3.8, 4) is 6.07 Å². The first-order chi connectivity index (χ1) is 9.78. The van der Waals surface area contributed by atoms with E-state index >= 15 is 0 Å². The summed E-state index contributed by atoms with van der Waals surface area (Å²) in [5.41, 5.74) is 1.06. The lowest BCUT2D eigenvalue weighted by Crippen LogP contribution is -2.32. The van der Waals surface area contributed by atoms with E-state index in [0.29, 0.717) is 23.7 Å². The molecule has 0 unspecified atom stereocenters. The van der Waals surface area contributed by atoms with Crippen molar-refractivity contribution in [3.63, 3.8) is 0 Å². The van der Waals surface area contributed by atoms with Crippen molar-refractivity contribution < 1.29 is 9.21 Å². The Balaban J connectivity index is 1.83. The molecule has 1 heterocycles. The topological polar surface area (TPSA) is 57.2 Å². The van der Waals surface area contributed by atoms with Gasteiger partial charge < -0.3 is 9.32 Å². The number of amides is 1. The Labute approximate surface area is 117 Å². The summed E-state index contributed by atoms with van der Waals surface area (Å²) < 4.78 is 5.33. The van der Waals surface area contributed by atoms with Gasteiger partial charge in [-0.2, -0.15) is 5.26 Å². The van der Waals surface area contributed by atoms with Crippen molar-refractivity contribution in [2.75, 3.05) is 0 Å². The molecule has 0 radical (unpaired) electrons. The highest BCUT2D eigenvalue weighted by atomic mass is 16.3. The Morgan fingerprint density at radius 2 is 2.20 bits per heavy atom. The molecule has 0 bridgehead atoms. The first-order valence-electron chi connectivity index (χ1n) is 6.61. The lowest BCUT2D eigenvalue weighted by molar-refractivity contribution is 0.0717. The molecule has 1 saturated carbocycles. The number of hydrogen-bond donors (Lipinski definition) is 0. The summed E-state index contributed by atoms with van der Waals surface area (Å²) in [6, 6.07) is 12.9. The van der Waals surface area contributed by atoms with Crippen LogP contribution in [0.3, 0.4) is 0 Å². The molecule has 1 aromatic carbocycles. The standard InChI is InChI=1S/C16H14N2O2/c17-10-12-3-1-4-13(9-12)16(19)18(14-6-7-14)11-15-5-2-8-20-15/h1-5,8-9,14H,6-7,11H2. The van der Waals surface area contributed by atoms with Gasteiger partial charge in [-0.15, -0.1) is 0 Å². The highest BCUT2D eigenvalue weighted by Crippen LogP contribution is 2.30. The van der Waals surface area contributed by atoms with Crippen molar-refractivity contribution in [1.29, 1.82) is 5.26 Å². The van der Waals surface area contributed by atoms with Gasteiger partial charge in [-0.25, -0.2) is 0 Å². The predicted molar refractivity (Wildman–Crippen MR) is 72.8 cm³/mol. The summed E-state index contributed by atoms with van der Waals surface area (Å²) >= 11 is 0. The summed E-state index contributed by atoms with van der Waals surface area (Å²) in [4.78, 5) is 14.4. The maximum absolute atomic E-state index is 12.6. The number of carbonyl (C=O) groups excluding carboxylic acids is 1. The van der Waals surface area contributed by atoms with Crippen LogP contribution < -0.4 is 0 Å². The van der Waals surface area contributed by atoms with Gasteiger partial charge in [0.1, 0.15) is 5.76 Å². The first kappa shape index (κ1) is 12.5. The maximum atomic E-state index is 12.6. The summed E-state index contributed by atoms with van der Waals surface area (Å²) in [5, 5.41) is 8.92. The molecule has 0 N–H and O–H groups in total. The minimum absolute atomic E-state index is 0.0407. The summed E-state index contributed by atoms with van der Waals surface area (Å²) in [7, 11) is 0. The number of benzene rings is 1. The quantitative estimate of drug-likeness (QED) is 0.854. The molecule has 1 aromatic heterocycles. The molecule has 4 heteroatoms. The molecule has 20 heavy (non-hydrogen) atoms. The van der Waals surface area contributed by atoms with Gasteiger partial charge in [0, 0.05) is 11.6 Å². The molecule has 2 aromatic rings. The molecule has 4 nitrogen and oxygen atoms in total. The van der Waals surface area contributed by atoms with Crippen molar-refractivity contribution in [2.24, 2.45) is 0 Å². The number of carbonyl (C=O) groups is 1. The zero-order chi connectivity index (χ0) is 13.9. The normalized spacial score (nSPS) is 13.8. The third-order valence-corrected chi connectivity index (χ3v) is 3.39. The molecule has 0 aliphatic heterocycles. The average molecular weight is 266 g/mol. The lowest BCUT2D eigenvalue weighted by Gasteiger charge is -2.21. The number of furan rings is 1. The third-order valence-electron chi connectivity index (χ3n) is 3.39. The second-order valence-corrected chi connectivity index (χ2v) is 4.94. The van der Waals surface area contributed by atoms with E-state index in [2.05, 4.69) is 6.07 Å². The summed E-state index contributed by atoms with van der Waals surface area (Å²) in [6.07, 6.45) is 3.68. The second kappa shape index (κ2) is 5.22. The molecule has 0 atom stereocenters. The van der Waals surface area contributed by atoms with E-state index in [1.807, 2.05) is 17.0 Å². The molecule has 0 spiro atoms. The van der Waals surface area contributed by atoms with Crippen LogP contribution in [0.5, 0.6) is 0 Å². The minimum Gasteiger partial charge on any atom is -0.467 e. The molecule has 1 amide bonds. The fraction of sp³-hybridized carbons (Fsp3) is 0.250. The Bertz CT molecular complexity index is 651. The third kappa shape index (κ3) is 2.57. The van der Waals surface area contributed by atoms with E-state index < -0.39 is 0 Å². The Morgan fingerprint density at radius 3 is 2.85 bits per heavy atom. The van der Waals surface area contributed by atoms with Gasteiger partial charge in [0.25, 0.3) is 5.91 Å². The van der Waals surface area contributed by atoms with Gasteiger partial charge in [-0.05, 0) is 43.2 Å². The van der Waals surface area contributed by atoms with E-state index in [1.165, 1.54) is 0 Å². The molecule has 0 saturated heterocycles. The largest absolute Gasteiger partial charge is 0.467 e. The second-order valence-electron chi connectivity index (χ2n) is 4.94. The monoisotopic (exact) mass is 266 g/mol. The van der Waals surface area contributed by atoms with Crippen LogP contribution in [0.1, 0.15) is 34.5 Å². The van der Waals surface area contributed by atoms with Crippen LogP contribution in [0.2, 0.25) is 0 Å². The van der Waals surface area contributed by atoms with Crippen LogP contribution in [0.4, 0.5) is 0 Å². The summed E-state index contributed by atoms with van der Waals surface area (Å²) in [6.45, 7) is 0.479. The van der Waals surface area contributed by atoms with Gasteiger partial charge in [0.2, 0.25) is 0 Å². The van der Waals surface area contributed by atoms with Crippen molar-refractivity contribution in [3.05, 3.63) is 59.5 Å². The molecular formula is C16H14N2O2. The Morgan fingerprint density at radius 1 is 1.35 bits per heavy atom. The van der Waals surface area contributed by atoms with Gasteiger partial charge >= 0.3 is 0 Å². The SMILES string of the molecule is N#Cc1cccc(C(=O)N(Cc2ccco2)C2CC2)c1. The average Bonchev–Trinajstić information content (AvgIpc) is 3.20. The molecule has 1 aliphatic carbocycles. The molecule has 100 valence electrons. The molecular weight excluding hydrogens is 252 g/mol. The fourth-order valence-electron chi connectivity index (χ4n) is 2.21. The highest BCUT2D eigenvalue weighted by molar-refractivity contribution is 5.94. The van der Waals surface area contributed by atoms with E-state index in [9.17, 15) is 4.79 Å². The van der Waals surface area contributed by atoms with E-state index in [4.69, 9.17) is 9.68 Å². The van der Waals surface area contributed by atoms with Crippen molar-refractivity contribution in [1.82, 2.24) is 4.90 Å². The van der Waals surface area contributed by atoms with Crippen molar-refractivity contribution in [2.45, 2.75) is 25.4 Å². The van der Waals surface area contributed by atoms with Crippen LogP contribution in [-0.2, 0) is 6.54 Å². The zero-order valence-electron chi connectivity index (χ0n) is 11.0. The molecule has 3 rings (SSSR count). The molecule has 1 aliphatic rings. The van der Waals surface area contributed by atoms with Gasteiger partial charge in [-0.3, -0.25) is 4.79 Å². The van der Waals surface area contributed by atoms with E-state index in [1.54, 1.807) is 30.5 Å². The van der Waals surface area contributed by atoms with Crippen LogP contribution in [0, 0.1) is 11.3 Å². The summed E-state index contributed by atoms with van der Waals surface area (Å²) in [5.74, 6) is 0.739. The Hall–Kier alpha value is -2.54. The van der Waals surface area contributed by atoms with Crippen LogP contribution >= 0.6 is 0 Å². The fourth-order valence-corrected chi connectivity index (χ4v) is 2.21. The van der Waals surface area contributed by atoms with Crippen LogP contribution in [0.15, 0.2) is 47.1 Å². The minimum atomic E-state index is -0.0407. The number of hydrogen-bond acceptors (Lipinski definition) is 3. The van der Waals surface area contributed by atoms with Crippen molar-refractivity contribution >= 4 is 5.91 Å². The molecule has 1 fully saturated rings. The maximum Gasteiger partial charge on any atom is 0.254 e. The van der Waals surface area contributed by atoms with Gasteiger partial charge in [0.05, 0.1) is 24.4 Å². The highest BCUT2D eigenvalue weighted by Gasteiger charge is 2.33. The van der Waals surface area contributed by atoms with Gasteiger partial charge in [0.15, 0.2) is 0 Å². The lowest BCUT2D eigenvalue weighted by atomic mass is 10.1. The first-order valence-corrected chi connectivity index (χ1v) is 6.61. The smallest absolute Gasteiger partial charge is 0.254 e. The predicted octanol–water partition coefficient (Wildman–Crippen LogP) is 2.96. The van der Waals surface area contributed by atoms with Gasteiger partial charge in [-0.1, -0.05) is 6.07 Å². The van der Waals surface area contributed by atoms with E-state index in [-0.39, 0.29) is 5.91 Å². The number of rotatable bonds is 4. The number of nitrogens with zero attached hydrogens (tertiary/aromatic N) is 2. The zero-order valence-corrected chi connectivity index (χ0v) is 11.0. The van der Waals surface area contributed by atoms with E-state index in [0.717, 1.165) is 18.6 Å². The number of nitriles is 1. The van der Waals surface area contributed by atoms with Crippen LogP contribution in [-0.4, -0.2) is 16.8 Å². The van der Waals surface area contributed by atoms with Crippen LogP contribution in [0.25, 0.3) is 0 Å². The Kier molecular flexibility index (Phi) is 3.26.